The van der Waals surface area contributed by atoms with Crippen LogP contribution in [0.2, 0.25) is 0 Å². The molecular formula is C22H26F3N5O3. The molecule has 0 bridgehead atoms. The van der Waals surface area contributed by atoms with Crippen LogP contribution in [0, 0.1) is 12.3 Å². The second-order valence-electron chi connectivity index (χ2n) is 8.33. The third kappa shape index (κ3) is 6.39. The third-order valence-electron chi connectivity index (χ3n) is 6.17. The van der Waals surface area contributed by atoms with Crippen molar-refractivity contribution >= 4 is 17.7 Å². The zero-order valence-electron chi connectivity index (χ0n) is 18.3. The van der Waals surface area contributed by atoms with Gasteiger partial charge in [-0.15, -0.1) is 5.10 Å². The van der Waals surface area contributed by atoms with Gasteiger partial charge in [-0.1, -0.05) is 6.07 Å². The molecule has 1 spiro atoms. The van der Waals surface area contributed by atoms with Crippen LogP contribution in [0.4, 0.5) is 19.0 Å². The Kier molecular flexibility index (Phi) is 7.50. The Labute approximate surface area is 189 Å². The lowest BCUT2D eigenvalue weighted by Gasteiger charge is -2.47. The van der Waals surface area contributed by atoms with E-state index in [1.54, 1.807) is 12.3 Å². The third-order valence-corrected chi connectivity index (χ3v) is 6.17. The molecule has 0 aliphatic carbocycles. The van der Waals surface area contributed by atoms with Gasteiger partial charge >= 0.3 is 12.1 Å². The largest absolute Gasteiger partial charge is 0.490 e. The molecule has 2 aromatic heterocycles. The quantitative estimate of drug-likeness (QED) is 0.726. The van der Waals surface area contributed by atoms with Crippen LogP contribution < -0.4 is 4.90 Å². The Morgan fingerprint density at radius 1 is 0.970 bits per heavy atom. The minimum atomic E-state index is -5.08. The molecule has 2 saturated heterocycles. The predicted octanol–water partition coefficient (Wildman–Crippen LogP) is 3.34. The summed E-state index contributed by atoms with van der Waals surface area (Å²) in [6.07, 6.45) is 1.09. The number of hydrogen-bond acceptors (Lipinski definition) is 6. The number of likely N-dealkylation sites (tertiary alicyclic amines) is 1. The van der Waals surface area contributed by atoms with Crippen molar-refractivity contribution in [2.45, 2.75) is 38.8 Å². The summed E-state index contributed by atoms with van der Waals surface area (Å²) in [4.78, 5) is 30.0. The summed E-state index contributed by atoms with van der Waals surface area (Å²) in [5.41, 5.74) is 1.87. The Morgan fingerprint density at radius 3 is 2.06 bits per heavy atom. The Hall–Kier alpha value is -3.24. The molecule has 2 aromatic rings. The number of anilines is 1. The molecule has 178 valence electrons. The van der Waals surface area contributed by atoms with Crippen molar-refractivity contribution in [2.24, 2.45) is 5.41 Å². The number of piperidine rings is 2. The normalized spacial score (nSPS) is 17.8. The molecule has 0 radical (unpaired) electrons. The van der Waals surface area contributed by atoms with E-state index in [9.17, 15) is 18.0 Å². The first kappa shape index (κ1) is 24.4. The average Bonchev–Trinajstić information content (AvgIpc) is 2.81. The molecule has 0 atom stereocenters. The van der Waals surface area contributed by atoms with Gasteiger partial charge < -0.3 is 14.9 Å². The number of nitrogens with zero attached hydrogens (tertiary/aromatic N) is 5. The number of amides is 1. The molecule has 2 fully saturated rings. The van der Waals surface area contributed by atoms with Gasteiger partial charge in [-0.25, -0.2) is 4.79 Å². The van der Waals surface area contributed by atoms with Crippen LogP contribution >= 0.6 is 0 Å². The molecule has 1 N–H and O–H groups in total. The van der Waals surface area contributed by atoms with Gasteiger partial charge in [0.25, 0.3) is 5.91 Å². The molecule has 0 aromatic carbocycles. The van der Waals surface area contributed by atoms with Crippen molar-refractivity contribution in [3.63, 3.8) is 0 Å². The van der Waals surface area contributed by atoms with E-state index in [4.69, 9.17) is 9.90 Å². The van der Waals surface area contributed by atoms with Crippen LogP contribution in [0.1, 0.15) is 41.9 Å². The zero-order valence-corrected chi connectivity index (χ0v) is 18.3. The number of hydrogen-bond donors (Lipinski definition) is 1. The van der Waals surface area contributed by atoms with Gasteiger partial charge in [0.05, 0.1) is 5.69 Å². The lowest BCUT2D eigenvalue weighted by Crippen LogP contribution is -2.48. The van der Waals surface area contributed by atoms with Crippen molar-refractivity contribution in [3.8, 4) is 0 Å². The average molecular weight is 465 g/mol. The van der Waals surface area contributed by atoms with E-state index >= 15 is 0 Å². The summed E-state index contributed by atoms with van der Waals surface area (Å²) >= 11 is 0. The molecule has 33 heavy (non-hydrogen) atoms. The minimum Gasteiger partial charge on any atom is -0.475 e. The molecule has 4 heterocycles. The molecule has 2 aliphatic rings. The van der Waals surface area contributed by atoms with E-state index in [1.807, 2.05) is 30.0 Å². The van der Waals surface area contributed by atoms with Crippen LogP contribution in [0.15, 0.2) is 36.5 Å². The topological polar surface area (TPSA) is 99.5 Å². The van der Waals surface area contributed by atoms with E-state index in [0.29, 0.717) is 11.1 Å². The molecule has 0 unspecified atom stereocenters. The molecule has 2 aliphatic heterocycles. The van der Waals surface area contributed by atoms with Crippen LogP contribution in [0.25, 0.3) is 0 Å². The summed E-state index contributed by atoms with van der Waals surface area (Å²) in [6.45, 7) is 5.67. The van der Waals surface area contributed by atoms with Gasteiger partial charge in [-0.05, 0) is 62.3 Å². The zero-order chi connectivity index (χ0) is 24.1. The number of carbonyl (C=O) groups excluding carboxylic acids is 1. The van der Waals surface area contributed by atoms with Crippen molar-refractivity contribution < 1.29 is 27.9 Å². The lowest BCUT2D eigenvalue weighted by molar-refractivity contribution is -0.192. The minimum absolute atomic E-state index is 0.0628. The molecule has 1 amide bonds. The van der Waals surface area contributed by atoms with Crippen molar-refractivity contribution in [2.75, 3.05) is 31.1 Å². The van der Waals surface area contributed by atoms with E-state index < -0.39 is 12.1 Å². The number of aryl methyl sites for hydroxylation is 1. The van der Waals surface area contributed by atoms with Gasteiger partial charge in [0.2, 0.25) is 0 Å². The second kappa shape index (κ2) is 10.1. The number of aromatic nitrogens is 3. The first-order valence-corrected chi connectivity index (χ1v) is 10.7. The SMILES string of the molecule is Cc1ccc(N2CCC3(CCN(C(=O)c4ccccn4)CC3)CC2)nn1.O=C(O)C(F)(F)F. The summed E-state index contributed by atoms with van der Waals surface area (Å²) in [7, 11) is 0. The Balaban J connectivity index is 0.000000383. The molecule has 0 saturated carbocycles. The number of aliphatic carboxylic acids is 1. The predicted molar refractivity (Wildman–Crippen MR) is 114 cm³/mol. The van der Waals surface area contributed by atoms with Crippen LogP contribution in [0.3, 0.4) is 0 Å². The van der Waals surface area contributed by atoms with E-state index in [1.165, 1.54) is 0 Å². The number of carboxylic acid groups (broad SMARTS) is 1. The first-order valence-electron chi connectivity index (χ1n) is 10.7. The van der Waals surface area contributed by atoms with E-state index in [-0.39, 0.29) is 5.91 Å². The van der Waals surface area contributed by atoms with Gasteiger partial charge in [0.1, 0.15) is 5.69 Å². The highest BCUT2D eigenvalue weighted by atomic mass is 19.4. The van der Waals surface area contributed by atoms with Crippen LogP contribution in [0.5, 0.6) is 0 Å². The van der Waals surface area contributed by atoms with Gasteiger partial charge in [0, 0.05) is 32.4 Å². The highest BCUT2D eigenvalue weighted by Gasteiger charge is 2.39. The monoisotopic (exact) mass is 465 g/mol. The maximum Gasteiger partial charge on any atom is 0.490 e. The number of carboxylic acids is 1. The van der Waals surface area contributed by atoms with Crippen molar-refractivity contribution in [1.82, 2.24) is 20.1 Å². The fourth-order valence-electron chi connectivity index (χ4n) is 4.11. The second-order valence-corrected chi connectivity index (χ2v) is 8.33. The standard InChI is InChI=1S/C20H25N5O.C2HF3O2/c1-16-5-6-18(23-22-16)24-12-7-20(8-13-24)9-14-25(15-10-20)19(26)17-4-2-3-11-21-17;3-2(4,5)1(6)7/h2-6,11H,7-10,12-15H2,1H3;(H,6,7). The Morgan fingerprint density at radius 2 is 1.58 bits per heavy atom. The van der Waals surface area contributed by atoms with Gasteiger partial charge in [-0.2, -0.15) is 18.3 Å². The maximum atomic E-state index is 12.6. The summed E-state index contributed by atoms with van der Waals surface area (Å²) in [5.74, 6) is -1.71. The summed E-state index contributed by atoms with van der Waals surface area (Å²) < 4.78 is 31.7. The number of carbonyl (C=O) groups is 2. The fraction of sp³-hybridized carbons (Fsp3) is 0.500. The molecular weight excluding hydrogens is 439 g/mol. The maximum absolute atomic E-state index is 12.6. The summed E-state index contributed by atoms with van der Waals surface area (Å²) in [5, 5.41) is 15.6. The van der Waals surface area contributed by atoms with E-state index in [0.717, 1.165) is 63.4 Å². The fourth-order valence-corrected chi connectivity index (χ4v) is 4.11. The molecule has 8 nitrogen and oxygen atoms in total. The lowest BCUT2D eigenvalue weighted by atomic mass is 9.71. The van der Waals surface area contributed by atoms with Gasteiger partial charge in [-0.3, -0.25) is 9.78 Å². The summed E-state index contributed by atoms with van der Waals surface area (Å²) in [6, 6.07) is 9.60. The Bertz CT molecular complexity index is 936. The van der Waals surface area contributed by atoms with Crippen LogP contribution in [-0.2, 0) is 4.79 Å². The molecule has 4 rings (SSSR count). The van der Waals surface area contributed by atoms with Crippen molar-refractivity contribution in [3.05, 3.63) is 47.9 Å². The van der Waals surface area contributed by atoms with E-state index in [2.05, 4.69) is 26.1 Å². The number of rotatable bonds is 2. The first-order chi connectivity index (χ1) is 15.6. The van der Waals surface area contributed by atoms with Crippen molar-refractivity contribution in [1.29, 1.82) is 0 Å². The smallest absolute Gasteiger partial charge is 0.475 e. The van der Waals surface area contributed by atoms with Gasteiger partial charge in [0.15, 0.2) is 5.82 Å². The highest BCUT2D eigenvalue weighted by molar-refractivity contribution is 5.92. The number of pyridine rings is 1. The number of alkyl halides is 3. The molecule has 11 heteroatoms. The number of halogens is 3. The van der Waals surface area contributed by atoms with Crippen LogP contribution in [-0.4, -0.2) is 69.4 Å². The highest BCUT2D eigenvalue weighted by Crippen LogP contribution is 2.42.